The summed E-state index contributed by atoms with van der Waals surface area (Å²) in [6.07, 6.45) is 3.01. The van der Waals surface area contributed by atoms with Gasteiger partial charge in [0.1, 0.15) is 5.75 Å². The first-order chi connectivity index (χ1) is 10.1. The summed E-state index contributed by atoms with van der Waals surface area (Å²) in [5, 5.41) is 3.79. The molecular weight excluding hydrogens is 309 g/mol. The average Bonchev–Trinajstić information content (AvgIpc) is 2.50. The van der Waals surface area contributed by atoms with E-state index in [1.165, 1.54) is 6.08 Å². The number of carbonyl (C=O) groups excluding carboxylic acids is 1. The molecule has 0 unspecified atom stereocenters. The van der Waals surface area contributed by atoms with E-state index in [0.29, 0.717) is 15.6 Å². The van der Waals surface area contributed by atoms with Gasteiger partial charge >= 0.3 is 0 Å². The molecule has 5 heteroatoms. The number of anilines is 1. The van der Waals surface area contributed by atoms with Gasteiger partial charge in [-0.3, -0.25) is 4.79 Å². The number of carbonyl (C=O) groups is 1. The Hall–Kier alpha value is -1.97. The lowest BCUT2D eigenvalue weighted by molar-refractivity contribution is 0.104. The zero-order valence-corrected chi connectivity index (χ0v) is 12.8. The van der Waals surface area contributed by atoms with Crippen LogP contribution in [0.4, 0.5) is 5.69 Å². The van der Waals surface area contributed by atoms with E-state index >= 15 is 0 Å². The summed E-state index contributed by atoms with van der Waals surface area (Å²) < 4.78 is 5.07. The van der Waals surface area contributed by atoms with Crippen molar-refractivity contribution in [2.45, 2.75) is 0 Å². The van der Waals surface area contributed by atoms with Crippen LogP contribution in [0.25, 0.3) is 0 Å². The van der Waals surface area contributed by atoms with Gasteiger partial charge in [-0.2, -0.15) is 0 Å². The van der Waals surface area contributed by atoms with E-state index in [1.807, 2.05) is 24.3 Å². The number of ether oxygens (including phenoxy) is 1. The van der Waals surface area contributed by atoms with Crippen molar-refractivity contribution in [3.8, 4) is 5.75 Å². The Balaban J connectivity index is 1.99. The van der Waals surface area contributed by atoms with Gasteiger partial charge in [0, 0.05) is 23.5 Å². The molecule has 0 bridgehead atoms. The molecule has 3 nitrogen and oxygen atoms in total. The number of nitrogens with one attached hydrogen (secondary N) is 1. The maximum absolute atomic E-state index is 12.0. The van der Waals surface area contributed by atoms with Crippen LogP contribution in [0.1, 0.15) is 10.4 Å². The molecule has 0 radical (unpaired) electrons. The highest BCUT2D eigenvalue weighted by molar-refractivity contribution is 6.42. The highest BCUT2D eigenvalue weighted by Gasteiger charge is 2.04. The van der Waals surface area contributed by atoms with E-state index in [9.17, 15) is 4.79 Å². The van der Waals surface area contributed by atoms with Crippen LogP contribution in [0.15, 0.2) is 54.7 Å². The molecule has 2 rings (SSSR count). The molecule has 0 aliphatic heterocycles. The van der Waals surface area contributed by atoms with Crippen LogP contribution >= 0.6 is 23.2 Å². The minimum Gasteiger partial charge on any atom is -0.497 e. The zero-order chi connectivity index (χ0) is 15.2. The lowest BCUT2D eigenvalue weighted by Gasteiger charge is -2.03. The number of benzene rings is 2. The smallest absolute Gasteiger partial charge is 0.187 e. The average molecular weight is 322 g/mol. The molecule has 108 valence electrons. The number of hydrogen-bond donors (Lipinski definition) is 1. The summed E-state index contributed by atoms with van der Waals surface area (Å²) in [6.45, 7) is 0. The van der Waals surface area contributed by atoms with Gasteiger partial charge in [0.25, 0.3) is 0 Å². The van der Waals surface area contributed by atoms with Crippen LogP contribution in [0.5, 0.6) is 5.75 Å². The second-order valence-corrected chi connectivity index (χ2v) is 5.01. The highest BCUT2D eigenvalue weighted by Crippen LogP contribution is 2.23. The molecule has 2 aromatic rings. The molecule has 0 atom stereocenters. The fraction of sp³-hybridized carbons (Fsp3) is 0.0625. The minimum absolute atomic E-state index is 0.158. The van der Waals surface area contributed by atoms with Gasteiger partial charge in [0.2, 0.25) is 0 Å². The summed E-state index contributed by atoms with van der Waals surface area (Å²) in [5.74, 6) is 0.617. The maximum Gasteiger partial charge on any atom is 0.187 e. The first-order valence-corrected chi connectivity index (χ1v) is 6.92. The Morgan fingerprint density at radius 1 is 1.10 bits per heavy atom. The molecule has 0 saturated carbocycles. The minimum atomic E-state index is -0.158. The first kappa shape index (κ1) is 15.4. The van der Waals surface area contributed by atoms with Gasteiger partial charge in [-0.05, 0) is 42.5 Å². The van der Waals surface area contributed by atoms with E-state index in [2.05, 4.69) is 5.32 Å². The van der Waals surface area contributed by atoms with E-state index in [4.69, 9.17) is 27.9 Å². The maximum atomic E-state index is 12.0. The molecule has 0 heterocycles. The van der Waals surface area contributed by atoms with E-state index < -0.39 is 0 Å². The van der Waals surface area contributed by atoms with Crippen molar-refractivity contribution in [1.82, 2.24) is 0 Å². The van der Waals surface area contributed by atoms with Crippen molar-refractivity contribution in [3.63, 3.8) is 0 Å². The lowest BCUT2D eigenvalue weighted by Crippen LogP contribution is -1.96. The molecule has 1 N–H and O–H groups in total. The summed E-state index contributed by atoms with van der Waals surface area (Å²) >= 11 is 11.7. The first-order valence-electron chi connectivity index (χ1n) is 6.16. The van der Waals surface area contributed by atoms with Crippen LogP contribution in [0.2, 0.25) is 10.0 Å². The Kier molecular flexibility index (Phi) is 5.26. The largest absolute Gasteiger partial charge is 0.497 e. The number of allylic oxidation sites excluding steroid dienone is 1. The van der Waals surface area contributed by atoms with Gasteiger partial charge in [0.15, 0.2) is 5.78 Å². The van der Waals surface area contributed by atoms with Crippen molar-refractivity contribution in [2.24, 2.45) is 0 Å². The molecule has 0 aliphatic rings. The Morgan fingerprint density at radius 2 is 1.81 bits per heavy atom. The van der Waals surface area contributed by atoms with Gasteiger partial charge in [-0.1, -0.05) is 23.2 Å². The Morgan fingerprint density at radius 3 is 2.43 bits per heavy atom. The van der Waals surface area contributed by atoms with E-state index in [0.717, 1.165) is 11.4 Å². The number of methoxy groups -OCH3 is 1. The molecule has 21 heavy (non-hydrogen) atoms. The van der Waals surface area contributed by atoms with Crippen LogP contribution in [0, 0.1) is 0 Å². The van der Waals surface area contributed by atoms with Crippen molar-refractivity contribution < 1.29 is 9.53 Å². The number of ketones is 1. The summed E-state index contributed by atoms with van der Waals surface area (Å²) in [5.41, 5.74) is 1.34. The predicted molar refractivity (Wildman–Crippen MR) is 86.5 cm³/mol. The zero-order valence-electron chi connectivity index (χ0n) is 11.3. The van der Waals surface area contributed by atoms with Crippen LogP contribution < -0.4 is 10.1 Å². The second-order valence-electron chi connectivity index (χ2n) is 4.20. The monoisotopic (exact) mass is 321 g/mol. The fourth-order valence-corrected chi connectivity index (χ4v) is 1.94. The van der Waals surface area contributed by atoms with Gasteiger partial charge in [0.05, 0.1) is 17.2 Å². The quantitative estimate of drug-likeness (QED) is 0.634. The molecule has 0 saturated heterocycles. The molecule has 0 aliphatic carbocycles. The number of halogens is 2. The molecule has 0 amide bonds. The van der Waals surface area contributed by atoms with Crippen LogP contribution in [-0.4, -0.2) is 12.9 Å². The molecule has 0 spiro atoms. The number of hydrogen-bond acceptors (Lipinski definition) is 3. The molecule has 2 aromatic carbocycles. The normalized spacial score (nSPS) is 10.6. The molecule has 0 aromatic heterocycles. The summed E-state index contributed by atoms with van der Waals surface area (Å²) in [7, 11) is 1.61. The third-order valence-corrected chi connectivity index (χ3v) is 3.52. The van der Waals surface area contributed by atoms with Crippen LogP contribution in [0.3, 0.4) is 0 Å². The SMILES string of the molecule is COc1ccc(NC=CC(=O)c2ccc(Cl)c(Cl)c2)cc1. The summed E-state index contributed by atoms with van der Waals surface area (Å²) in [6, 6.07) is 12.1. The fourth-order valence-electron chi connectivity index (χ4n) is 1.65. The van der Waals surface area contributed by atoms with Crippen molar-refractivity contribution >= 4 is 34.7 Å². The molecular formula is C16H13Cl2NO2. The third kappa shape index (κ3) is 4.25. The van der Waals surface area contributed by atoms with Crippen LogP contribution in [-0.2, 0) is 0 Å². The van der Waals surface area contributed by atoms with E-state index in [1.54, 1.807) is 31.5 Å². The predicted octanol–water partition coefficient (Wildman–Crippen LogP) is 4.81. The standard InChI is InChI=1S/C16H13Cl2NO2/c1-21-13-5-3-12(4-6-13)19-9-8-16(20)11-2-7-14(17)15(18)10-11/h2-10,19H,1H3. The van der Waals surface area contributed by atoms with Gasteiger partial charge < -0.3 is 10.1 Å². The van der Waals surface area contributed by atoms with Crippen molar-refractivity contribution in [3.05, 3.63) is 70.3 Å². The van der Waals surface area contributed by atoms with Crippen molar-refractivity contribution in [1.29, 1.82) is 0 Å². The Labute approximate surface area is 133 Å². The van der Waals surface area contributed by atoms with E-state index in [-0.39, 0.29) is 5.78 Å². The number of rotatable bonds is 5. The molecule has 0 fully saturated rings. The van der Waals surface area contributed by atoms with Gasteiger partial charge in [-0.15, -0.1) is 0 Å². The lowest BCUT2D eigenvalue weighted by atomic mass is 10.1. The highest BCUT2D eigenvalue weighted by atomic mass is 35.5. The second kappa shape index (κ2) is 7.16. The topological polar surface area (TPSA) is 38.3 Å². The summed E-state index contributed by atoms with van der Waals surface area (Å²) in [4.78, 5) is 12.0. The third-order valence-electron chi connectivity index (χ3n) is 2.78. The Bertz CT molecular complexity index is 666. The van der Waals surface area contributed by atoms with Gasteiger partial charge in [-0.25, -0.2) is 0 Å². The van der Waals surface area contributed by atoms with Crippen molar-refractivity contribution in [2.75, 3.05) is 12.4 Å².